The SMILES string of the molecule is CC(=O)Nc1c(O)cccc1[As](=O)(O)O.O=S(=O)(Cl)c1nncs1. The zero-order chi connectivity index (χ0) is 18.5. The molecule has 1 heterocycles. The van der Waals surface area contributed by atoms with E-state index in [-0.39, 0.29) is 20.1 Å². The topological polar surface area (TPSA) is 167 Å². The predicted molar refractivity (Wildman–Crippen MR) is 85.9 cm³/mol. The summed E-state index contributed by atoms with van der Waals surface area (Å²) < 4.78 is 49.3. The molecule has 10 nitrogen and oxygen atoms in total. The van der Waals surface area contributed by atoms with Gasteiger partial charge in [-0.15, -0.1) is 10.2 Å². The Balaban J connectivity index is 0.000000272. The number of aromatic hydroxyl groups is 1. The van der Waals surface area contributed by atoms with Crippen molar-refractivity contribution in [3.05, 3.63) is 23.7 Å². The zero-order valence-corrected chi connectivity index (χ0v) is 16.1. The Bertz CT molecular complexity index is 867. The molecule has 2 rings (SSSR count). The van der Waals surface area contributed by atoms with E-state index in [0.29, 0.717) is 0 Å². The van der Waals surface area contributed by atoms with Crippen LogP contribution in [0, 0.1) is 0 Å². The molecule has 0 aliphatic heterocycles. The minimum atomic E-state index is -5.14. The molecule has 0 fully saturated rings. The van der Waals surface area contributed by atoms with E-state index in [1.165, 1.54) is 30.6 Å². The van der Waals surface area contributed by atoms with Gasteiger partial charge in [0.15, 0.2) is 0 Å². The smallest absolute Gasteiger partial charge is 0.204 e. The zero-order valence-electron chi connectivity index (χ0n) is 11.8. The van der Waals surface area contributed by atoms with Gasteiger partial charge in [-0.3, -0.25) is 0 Å². The molecular formula is C10H11AsClN3O7S2. The van der Waals surface area contributed by atoms with Crippen molar-refractivity contribution in [2.24, 2.45) is 0 Å². The van der Waals surface area contributed by atoms with E-state index in [1.807, 2.05) is 0 Å². The van der Waals surface area contributed by atoms with E-state index >= 15 is 0 Å². The Labute approximate surface area is 147 Å². The third-order valence-electron chi connectivity index (χ3n) is 2.18. The number of hydrogen-bond donors (Lipinski definition) is 4. The number of hydrogen-bond acceptors (Lipinski definition) is 8. The third kappa shape index (κ3) is 6.23. The molecule has 0 spiro atoms. The number of anilines is 1. The van der Waals surface area contributed by atoms with Gasteiger partial charge in [0.1, 0.15) is 5.51 Å². The quantitative estimate of drug-likeness (QED) is 0.265. The molecule has 0 aliphatic carbocycles. The molecule has 0 saturated carbocycles. The Kier molecular flexibility index (Phi) is 6.95. The van der Waals surface area contributed by atoms with Gasteiger partial charge >= 0.3 is 88.1 Å². The molecule has 0 aliphatic rings. The van der Waals surface area contributed by atoms with Crippen molar-refractivity contribution in [3.8, 4) is 5.75 Å². The summed E-state index contributed by atoms with van der Waals surface area (Å²) in [5, 5.41) is 18.1. The van der Waals surface area contributed by atoms with Crippen LogP contribution in [0.1, 0.15) is 6.92 Å². The molecule has 1 aromatic heterocycles. The molecule has 0 saturated heterocycles. The number of phenolic OH excluding ortho intramolecular Hbond substituents is 1. The number of phenols is 1. The molecule has 14 heteroatoms. The molecule has 24 heavy (non-hydrogen) atoms. The number of nitrogens with one attached hydrogen (secondary N) is 1. The van der Waals surface area contributed by atoms with Crippen molar-refractivity contribution >= 4 is 61.2 Å². The minimum Gasteiger partial charge on any atom is -0.204 e. The molecule has 4 N–H and O–H groups in total. The Morgan fingerprint density at radius 3 is 2.38 bits per heavy atom. The van der Waals surface area contributed by atoms with E-state index in [9.17, 15) is 22.1 Å². The molecule has 2 aromatic rings. The maximum atomic E-state index is 11.1. The Hall–Kier alpha value is -1.43. The number of aromatic nitrogens is 2. The number of para-hydroxylation sites is 1. The molecular weight excluding hydrogens is 449 g/mol. The normalized spacial score (nSPS) is 11.3. The monoisotopic (exact) mass is 459 g/mol. The Morgan fingerprint density at radius 1 is 1.38 bits per heavy atom. The first kappa shape index (κ1) is 20.6. The van der Waals surface area contributed by atoms with Gasteiger partial charge in [0, 0.05) is 10.7 Å². The summed E-state index contributed by atoms with van der Waals surface area (Å²) in [6, 6.07) is 3.71. The van der Waals surface area contributed by atoms with Gasteiger partial charge < -0.3 is 0 Å². The van der Waals surface area contributed by atoms with Crippen LogP contribution in [-0.2, 0) is 17.6 Å². The van der Waals surface area contributed by atoms with Crippen LogP contribution in [0.25, 0.3) is 0 Å². The number of nitrogens with zero attached hydrogens (tertiary/aromatic N) is 2. The van der Waals surface area contributed by atoms with E-state index in [0.717, 1.165) is 11.3 Å². The van der Waals surface area contributed by atoms with Gasteiger partial charge in [0.2, 0.25) is 4.34 Å². The van der Waals surface area contributed by atoms with E-state index in [4.69, 9.17) is 18.9 Å². The van der Waals surface area contributed by atoms with Crippen molar-refractivity contribution in [1.82, 2.24) is 10.2 Å². The average Bonchev–Trinajstić information content (AvgIpc) is 2.94. The van der Waals surface area contributed by atoms with Crippen LogP contribution in [0.3, 0.4) is 0 Å². The molecule has 0 unspecified atom stereocenters. The second-order valence-electron chi connectivity index (χ2n) is 4.04. The first-order valence-corrected chi connectivity index (χ1v) is 12.4. The number of halogens is 1. The molecule has 1 aromatic carbocycles. The van der Waals surface area contributed by atoms with E-state index in [2.05, 4.69) is 15.5 Å². The number of carbonyl (C=O) groups is 1. The van der Waals surface area contributed by atoms with Gasteiger partial charge in [0.05, 0.1) is 0 Å². The van der Waals surface area contributed by atoms with Crippen molar-refractivity contribution in [2.45, 2.75) is 11.3 Å². The molecule has 0 atom stereocenters. The summed E-state index contributed by atoms with van der Waals surface area (Å²) in [4.78, 5) is 10.8. The molecule has 1 amide bonds. The fourth-order valence-corrected chi connectivity index (χ4v) is 4.33. The predicted octanol–water partition coefficient (Wildman–Crippen LogP) is -0.623. The van der Waals surface area contributed by atoms with E-state index < -0.39 is 29.1 Å². The molecule has 132 valence electrons. The van der Waals surface area contributed by atoms with Crippen LogP contribution in [0.4, 0.5) is 5.69 Å². The van der Waals surface area contributed by atoms with Gasteiger partial charge in [0.25, 0.3) is 9.05 Å². The minimum absolute atomic E-state index is 0.163. The van der Waals surface area contributed by atoms with Crippen molar-refractivity contribution < 1.29 is 30.2 Å². The van der Waals surface area contributed by atoms with Crippen molar-refractivity contribution in [1.29, 1.82) is 0 Å². The summed E-state index contributed by atoms with van der Waals surface area (Å²) in [6.45, 7) is 1.18. The maximum absolute atomic E-state index is 11.1. The number of rotatable bonds is 3. The number of benzene rings is 1. The van der Waals surface area contributed by atoms with Gasteiger partial charge in [-0.2, -0.15) is 0 Å². The van der Waals surface area contributed by atoms with Gasteiger partial charge in [-0.05, 0) is 0 Å². The number of amides is 1. The van der Waals surface area contributed by atoms with Crippen molar-refractivity contribution in [3.63, 3.8) is 0 Å². The van der Waals surface area contributed by atoms with Crippen LogP contribution >= 0.6 is 22.0 Å². The molecule has 0 bridgehead atoms. The summed E-state index contributed by atoms with van der Waals surface area (Å²) in [6.07, 6.45) is 0. The largest absolute Gasteiger partial charge is 0.290 e. The average molecular weight is 460 g/mol. The fourth-order valence-electron chi connectivity index (χ4n) is 1.34. The number of carbonyl (C=O) groups excluding carboxylic acids is 1. The van der Waals surface area contributed by atoms with Crippen molar-refractivity contribution in [2.75, 3.05) is 5.32 Å². The van der Waals surface area contributed by atoms with Crippen LogP contribution in [0.2, 0.25) is 0 Å². The van der Waals surface area contributed by atoms with Crippen LogP contribution < -0.4 is 9.67 Å². The summed E-state index contributed by atoms with van der Waals surface area (Å²) >= 11 is -4.25. The Morgan fingerprint density at radius 2 is 2.00 bits per heavy atom. The van der Waals surface area contributed by atoms with E-state index in [1.54, 1.807) is 0 Å². The summed E-state index contributed by atoms with van der Waals surface area (Å²) in [5.74, 6) is -0.880. The summed E-state index contributed by atoms with van der Waals surface area (Å²) in [7, 11) is 1.24. The van der Waals surface area contributed by atoms with Gasteiger partial charge in [-0.1, -0.05) is 11.3 Å². The van der Waals surface area contributed by atoms with Crippen LogP contribution in [0.5, 0.6) is 5.75 Å². The maximum Gasteiger partial charge on any atom is 0.290 e. The molecule has 0 radical (unpaired) electrons. The first-order chi connectivity index (χ1) is 10.9. The second-order valence-corrected chi connectivity index (χ2v) is 10.9. The first-order valence-electron chi connectivity index (χ1n) is 5.79. The second kappa shape index (κ2) is 8.10. The fraction of sp³-hybridized carbons (Fsp3) is 0.100. The third-order valence-corrected chi connectivity index (χ3v) is 6.92. The standard InChI is InChI=1S/C8H10AsNO5.C2HClN2O2S2/c1-5(11)10-8-6(9(13,14)15)3-2-4-7(8)12;3-9(6,7)2-5-4-1-8-2/h2-4,12H,1H3,(H,10,11)(H2,13,14,15);1H. The summed E-state index contributed by atoms with van der Waals surface area (Å²) in [5.41, 5.74) is 1.08. The van der Waals surface area contributed by atoms with Crippen LogP contribution in [-0.4, -0.2) is 52.0 Å². The van der Waals surface area contributed by atoms with Gasteiger partial charge in [-0.25, -0.2) is 8.42 Å². The van der Waals surface area contributed by atoms with Crippen LogP contribution in [0.15, 0.2) is 28.0 Å².